The number of unbranched alkanes of at least 4 members (excludes halogenated alkanes) is 3. The average Bonchev–Trinajstić information content (AvgIpc) is 2.83. The highest BCUT2D eigenvalue weighted by Gasteiger charge is 2.41. The number of hydrogen-bond acceptors (Lipinski definition) is 3. The van der Waals surface area contributed by atoms with Crippen molar-refractivity contribution in [3.8, 4) is 0 Å². The van der Waals surface area contributed by atoms with Gasteiger partial charge in [0.05, 0.1) is 11.6 Å². The molecule has 1 N–H and O–H groups in total. The van der Waals surface area contributed by atoms with E-state index in [2.05, 4.69) is 20.8 Å². The van der Waals surface area contributed by atoms with Crippen LogP contribution in [0.15, 0.2) is 35.6 Å². The van der Waals surface area contributed by atoms with Gasteiger partial charge >= 0.3 is 0 Å². The monoisotopic (exact) mass is 343 g/mol. The van der Waals surface area contributed by atoms with Crippen molar-refractivity contribution >= 4 is 11.7 Å². The lowest BCUT2D eigenvalue weighted by Crippen LogP contribution is -2.32. The molecule has 0 saturated heterocycles. The van der Waals surface area contributed by atoms with Gasteiger partial charge in [0.1, 0.15) is 0 Å². The topological polar surface area (TPSA) is 57.6 Å². The fourth-order valence-electron chi connectivity index (χ4n) is 3.36. The normalized spacial score (nSPS) is 17.7. The van der Waals surface area contributed by atoms with Crippen molar-refractivity contribution in [3.63, 3.8) is 0 Å². The smallest absolute Gasteiger partial charge is 0.290 e. The number of aliphatic hydroxyl groups is 1. The van der Waals surface area contributed by atoms with Crippen LogP contribution in [0.5, 0.6) is 0 Å². The van der Waals surface area contributed by atoms with Crippen LogP contribution < -0.4 is 0 Å². The van der Waals surface area contributed by atoms with Gasteiger partial charge in [0.2, 0.25) is 0 Å². The number of benzene rings is 1. The molecule has 0 aliphatic carbocycles. The highest BCUT2D eigenvalue weighted by atomic mass is 16.3. The van der Waals surface area contributed by atoms with Crippen LogP contribution in [0.4, 0.5) is 0 Å². The highest BCUT2D eigenvalue weighted by Crippen LogP contribution is 2.38. The maximum atomic E-state index is 12.5. The van der Waals surface area contributed by atoms with E-state index in [1.807, 2.05) is 24.3 Å². The Kier molecular flexibility index (Phi) is 6.40. The minimum atomic E-state index is -0.479. The maximum absolute atomic E-state index is 12.5. The van der Waals surface area contributed by atoms with Crippen LogP contribution in [0.2, 0.25) is 0 Å². The number of carbonyl (C=O) groups excluding carboxylic acids is 2. The molecule has 25 heavy (non-hydrogen) atoms. The molecule has 4 heteroatoms. The predicted octanol–water partition coefficient (Wildman–Crippen LogP) is 4.67. The van der Waals surface area contributed by atoms with Gasteiger partial charge in [-0.05, 0) is 30.4 Å². The second-order valence-electron chi connectivity index (χ2n) is 7.10. The summed E-state index contributed by atoms with van der Waals surface area (Å²) in [6.07, 6.45) is 4.15. The molecule has 1 heterocycles. The zero-order valence-electron chi connectivity index (χ0n) is 15.7. The van der Waals surface area contributed by atoms with E-state index in [0.717, 1.165) is 31.2 Å². The number of ketones is 1. The van der Waals surface area contributed by atoms with Crippen LogP contribution in [0.1, 0.15) is 76.5 Å². The number of hydrogen-bond donors (Lipinski definition) is 1. The number of aliphatic hydroxyl groups excluding tert-OH is 1. The Hall–Kier alpha value is -2.10. The van der Waals surface area contributed by atoms with E-state index in [4.69, 9.17) is 0 Å². The zero-order valence-corrected chi connectivity index (χ0v) is 15.7. The number of carbonyl (C=O) groups is 2. The third-order valence-corrected chi connectivity index (χ3v) is 4.85. The molecule has 2 rings (SSSR count). The van der Waals surface area contributed by atoms with Crippen molar-refractivity contribution in [3.05, 3.63) is 46.7 Å². The lowest BCUT2D eigenvalue weighted by Gasteiger charge is -2.27. The molecule has 0 spiro atoms. The predicted molar refractivity (Wildman–Crippen MR) is 99.5 cm³/mol. The fourth-order valence-corrected chi connectivity index (χ4v) is 3.36. The van der Waals surface area contributed by atoms with E-state index >= 15 is 0 Å². The van der Waals surface area contributed by atoms with Crippen LogP contribution in [0, 0.1) is 0 Å². The molecule has 1 atom stereocenters. The van der Waals surface area contributed by atoms with Crippen LogP contribution in [-0.2, 0) is 9.59 Å². The second kappa shape index (κ2) is 8.32. The number of amides is 1. The Morgan fingerprint density at radius 1 is 1.16 bits per heavy atom. The molecule has 136 valence electrons. The average molecular weight is 343 g/mol. The number of Topliss-reactive ketones (excluding diaryl/α,β-unsaturated/α-hetero) is 1. The summed E-state index contributed by atoms with van der Waals surface area (Å²) in [7, 11) is 0. The molecule has 0 radical (unpaired) electrons. The first-order valence-corrected chi connectivity index (χ1v) is 9.23. The quantitative estimate of drug-likeness (QED) is 0.698. The summed E-state index contributed by atoms with van der Waals surface area (Å²) in [5.74, 6) is -0.652. The standard InChI is InChI=1S/C21H29NO3/c1-5-6-7-8-13-22-19(18(15(4)23)20(24)21(22)25)17-11-9-16(10-12-17)14(2)3/h9-12,14,19,24H,5-8,13H2,1-4H3/t19-/m0/s1. The largest absolute Gasteiger partial charge is 0.503 e. The van der Waals surface area contributed by atoms with Crippen molar-refractivity contribution in [2.45, 2.75) is 65.3 Å². The van der Waals surface area contributed by atoms with Crippen LogP contribution >= 0.6 is 0 Å². The number of rotatable bonds is 8. The first-order chi connectivity index (χ1) is 11.9. The van der Waals surface area contributed by atoms with Gasteiger partial charge in [0, 0.05) is 6.54 Å². The molecule has 4 nitrogen and oxygen atoms in total. The third-order valence-electron chi connectivity index (χ3n) is 4.85. The first kappa shape index (κ1) is 19.2. The van der Waals surface area contributed by atoms with E-state index in [1.165, 1.54) is 12.5 Å². The van der Waals surface area contributed by atoms with Crippen LogP contribution in [-0.4, -0.2) is 28.2 Å². The van der Waals surface area contributed by atoms with E-state index in [0.29, 0.717) is 12.5 Å². The molecule has 1 amide bonds. The van der Waals surface area contributed by atoms with E-state index in [1.54, 1.807) is 4.90 Å². The van der Waals surface area contributed by atoms with E-state index < -0.39 is 11.9 Å². The van der Waals surface area contributed by atoms with Crippen molar-refractivity contribution in [2.24, 2.45) is 0 Å². The van der Waals surface area contributed by atoms with Gasteiger partial charge < -0.3 is 10.0 Å². The highest BCUT2D eigenvalue weighted by molar-refractivity contribution is 6.08. The number of nitrogens with zero attached hydrogens (tertiary/aromatic N) is 1. The maximum Gasteiger partial charge on any atom is 0.290 e. The summed E-state index contributed by atoms with van der Waals surface area (Å²) in [6.45, 7) is 8.36. The summed E-state index contributed by atoms with van der Waals surface area (Å²) in [5, 5.41) is 10.2. The Morgan fingerprint density at radius 2 is 1.80 bits per heavy atom. The minimum absolute atomic E-state index is 0.220. The lowest BCUT2D eigenvalue weighted by molar-refractivity contribution is -0.129. The van der Waals surface area contributed by atoms with Crippen molar-refractivity contribution in [2.75, 3.05) is 6.54 Å². The SMILES string of the molecule is CCCCCCN1C(=O)C(O)=C(C(C)=O)[C@@H]1c1ccc(C(C)C)cc1. The third kappa shape index (κ3) is 4.12. The molecule has 0 bridgehead atoms. The first-order valence-electron chi connectivity index (χ1n) is 9.23. The Bertz CT molecular complexity index is 658. The lowest BCUT2D eigenvalue weighted by atomic mass is 9.94. The Labute approximate surface area is 150 Å². The summed E-state index contributed by atoms with van der Waals surface area (Å²) >= 11 is 0. The molecule has 0 unspecified atom stereocenters. The van der Waals surface area contributed by atoms with Gasteiger partial charge in [-0.15, -0.1) is 0 Å². The van der Waals surface area contributed by atoms with Crippen molar-refractivity contribution < 1.29 is 14.7 Å². The molecule has 1 aromatic rings. The molecule has 1 aliphatic rings. The summed E-state index contributed by atoms with van der Waals surface area (Å²) in [6, 6.07) is 7.52. The molecule has 1 aromatic carbocycles. The van der Waals surface area contributed by atoms with Gasteiger partial charge in [0.15, 0.2) is 11.5 Å². The molecule has 0 saturated carbocycles. The van der Waals surface area contributed by atoms with Crippen LogP contribution in [0.3, 0.4) is 0 Å². The second-order valence-corrected chi connectivity index (χ2v) is 7.10. The van der Waals surface area contributed by atoms with Gasteiger partial charge in [0.25, 0.3) is 5.91 Å². The van der Waals surface area contributed by atoms with Crippen molar-refractivity contribution in [1.29, 1.82) is 0 Å². The molecule has 0 aromatic heterocycles. The zero-order chi connectivity index (χ0) is 18.6. The Balaban J connectivity index is 2.32. The van der Waals surface area contributed by atoms with Gasteiger partial charge in [-0.25, -0.2) is 0 Å². The fraction of sp³-hybridized carbons (Fsp3) is 0.524. The summed E-state index contributed by atoms with van der Waals surface area (Å²) in [4.78, 5) is 26.2. The van der Waals surface area contributed by atoms with Gasteiger partial charge in [-0.1, -0.05) is 64.3 Å². The van der Waals surface area contributed by atoms with E-state index in [9.17, 15) is 14.7 Å². The molecular formula is C21H29NO3. The summed E-state index contributed by atoms with van der Waals surface area (Å²) < 4.78 is 0. The van der Waals surface area contributed by atoms with Crippen LogP contribution in [0.25, 0.3) is 0 Å². The molecule has 1 aliphatic heterocycles. The molecular weight excluding hydrogens is 314 g/mol. The summed E-state index contributed by atoms with van der Waals surface area (Å²) in [5.41, 5.74) is 2.31. The molecule has 0 fully saturated rings. The van der Waals surface area contributed by atoms with Gasteiger partial charge in [-0.2, -0.15) is 0 Å². The minimum Gasteiger partial charge on any atom is -0.503 e. The van der Waals surface area contributed by atoms with Crippen molar-refractivity contribution in [1.82, 2.24) is 4.90 Å². The Morgan fingerprint density at radius 3 is 2.32 bits per heavy atom. The van der Waals surface area contributed by atoms with E-state index in [-0.39, 0.29) is 17.1 Å². The van der Waals surface area contributed by atoms with Gasteiger partial charge in [-0.3, -0.25) is 9.59 Å².